The zero-order valence-corrected chi connectivity index (χ0v) is 8.50. The maximum absolute atomic E-state index is 5.77. The molecule has 2 nitrogen and oxygen atoms in total. The average molecular weight is 190 g/mol. The van der Waals surface area contributed by atoms with Gasteiger partial charge < -0.3 is 11.1 Å². The molecule has 14 heavy (non-hydrogen) atoms. The van der Waals surface area contributed by atoms with Gasteiger partial charge in [0.1, 0.15) is 0 Å². The lowest BCUT2D eigenvalue weighted by Gasteiger charge is -2.42. The van der Waals surface area contributed by atoms with Gasteiger partial charge in [0.15, 0.2) is 0 Å². The Morgan fingerprint density at radius 2 is 1.93 bits per heavy atom. The molecule has 0 unspecified atom stereocenters. The molecule has 76 valence electrons. The van der Waals surface area contributed by atoms with Crippen molar-refractivity contribution in [2.75, 3.05) is 6.54 Å². The molecule has 0 radical (unpaired) electrons. The first-order valence-corrected chi connectivity index (χ1v) is 5.34. The van der Waals surface area contributed by atoms with Crippen molar-refractivity contribution in [3.8, 4) is 0 Å². The lowest BCUT2D eigenvalue weighted by molar-refractivity contribution is 0.191. The van der Waals surface area contributed by atoms with Gasteiger partial charge in [-0.3, -0.25) is 0 Å². The summed E-state index contributed by atoms with van der Waals surface area (Å²) in [7, 11) is 0. The van der Waals surface area contributed by atoms with Crippen LogP contribution in [0.1, 0.15) is 24.8 Å². The monoisotopic (exact) mass is 190 g/mol. The summed E-state index contributed by atoms with van der Waals surface area (Å²) in [5.41, 5.74) is 7.36. The van der Waals surface area contributed by atoms with Crippen molar-refractivity contribution in [1.29, 1.82) is 0 Å². The molecule has 2 heteroatoms. The summed E-state index contributed by atoms with van der Waals surface area (Å²) in [6.45, 7) is 1.71. The van der Waals surface area contributed by atoms with Gasteiger partial charge in [-0.25, -0.2) is 0 Å². The molecule has 3 N–H and O–H groups in total. The van der Waals surface area contributed by atoms with Gasteiger partial charge in [0, 0.05) is 18.6 Å². The molecular formula is C12H18N2. The van der Waals surface area contributed by atoms with E-state index in [9.17, 15) is 0 Å². The number of hydrogen-bond donors (Lipinski definition) is 2. The van der Waals surface area contributed by atoms with E-state index in [2.05, 4.69) is 29.6 Å². The minimum atomic E-state index is 0.246. The minimum Gasteiger partial charge on any atom is -0.329 e. The number of benzene rings is 1. The third kappa shape index (κ3) is 1.97. The molecule has 2 rings (SSSR count). The predicted molar refractivity (Wildman–Crippen MR) is 58.9 cm³/mol. The fraction of sp³-hybridized carbons (Fsp3) is 0.500. The van der Waals surface area contributed by atoms with E-state index in [-0.39, 0.29) is 5.54 Å². The van der Waals surface area contributed by atoms with E-state index in [1.165, 1.54) is 24.8 Å². The molecule has 0 amide bonds. The van der Waals surface area contributed by atoms with E-state index in [1.807, 2.05) is 6.07 Å². The predicted octanol–water partition coefficient (Wildman–Crippen LogP) is 1.66. The van der Waals surface area contributed by atoms with Crippen LogP contribution in [0.4, 0.5) is 0 Å². The Kier molecular flexibility index (Phi) is 2.85. The topological polar surface area (TPSA) is 38.0 Å². The summed E-state index contributed by atoms with van der Waals surface area (Å²) in [6.07, 6.45) is 3.78. The molecule has 0 aliphatic heterocycles. The van der Waals surface area contributed by atoms with Gasteiger partial charge in [-0.2, -0.15) is 0 Å². The fourth-order valence-electron chi connectivity index (χ4n) is 1.94. The van der Waals surface area contributed by atoms with Crippen LogP contribution in [0.2, 0.25) is 0 Å². The Balaban J connectivity index is 1.88. The number of hydrogen-bond acceptors (Lipinski definition) is 2. The lowest BCUT2D eigenvalue weighted by Crippen LogP contribution is -2.55. The molecular weight excluding hydrogens is 172 g/mol. The zero-order chi connectivity index (χ0) is 9.86. The van der Waals surface area contributed by atoms with Crippen molar-refractivity contribution in [2.45, 2.75) is 31.3 Å². The second-order valence-corrected chi connectivity index (χ2v) is 4.18. The van der Waals surface area contributed by atoms with Crippen molar-refractivity contribution >= 4 is 0 Å². The van der Waals surface area contributed by atoms with Gasteiger partial charge in [-0.15, -0.1) is 0 Å². The standard InChI is InChI=1S/C12H18N2/c13-10-12(7-4-8-12)14-9-11-5-2-1-3-6-11/h1-3,5-6,14H,4,7-10,13H2. The maximum atomic E-state index is 5.77. The SMILES string of the molecule is NCC1(NCc2ccccc2)CCC1. The van der Waals surface area contributed by atoms with Gasteiger partial charge in [-0.05, 0) is 24.8 Å². The van der Waals surface area contributed by atoms with E-state index in [4.69, 9.17) is 5.73 Å². The van der Waals surface area contributed by atoms with Crippen LogP contribution in [0.15, 0.2) is 30.3 Å². The molecule has 0 bridgehead atoms. The Bertz CT molecular complexity index is 272. The largest absolute Gasteiger partial charge is 0.329 e. The Morgan fingerprint density at radius 1 is 1.21 bits per heavy atom. The van der Waals surface area contributed by atoms with Crippen LogP contribution in [0.25, 0.3) is 0 Å². The molecule has 0 atom stereocenters. The number of nitrogens with two attached hydrogens (primary N) is 1. The second kappa shape index (κ2) is 4.11. The minimum absolute atomic E-state index is 0.246. The summed E-state index contributed by atoms with van der Waals surface area (Å²) < 4.78 is 0. The molecule has 1 aromatic rings. The van der Waals surface area contributed by atoms with E-state index < -0.39 is 0 Å². The quantitative estimate of drug-likeness (QED) is 0.757. The number of nitrogens with one attached hydrogen (secondary N) is 1. The molecule has 1 fully saturated rings. The summed E-state index contributed by atoms with van der Waals surface area (Å²) in [4.78, 5) is 0. The van der Waals surface area contributed by atoms with Crippen LogP contribution >= 0.6 is 0 Å². The highest BCUT2D eigenvalue weighted by Crippen LogP contribution is 2.30. The van der Waals surface area contributed by atoms with Crippen molar-refractivity contribution in [3.05, 3.63) is 35.9 Å². The van der Waals surface area contributed by atoms with E-state index >= 15 is 0 Å². The third-order valence-corrected chi connectivity index (χ3v) is 3.21. The normalized spacial score (nSPS) is 18.9. The maximum Gasteiger partial charge on any atom is 0.0307 e. The van der Waals surface area contributed by atoms with E-state index in [1.54, 1.807) is 0 Å². The van der Waals surface area contributed by atoms with Crippen LogP contribution in [-0.2, 0) is 6.54 Å². The van der Waals surface area contributed by atoms with Gasteiger partial charge in [0.05, 0.1) is 0 Å². The first-order chi connectivity index (χ1) is 6.85. The second-order valence-electron chi connectivity index (χ2n) is 4.18. The molecule has 0 heterocycles. The molecule has 0 aromatic heterocycles. The van der Waals surface area contributed by atoms with Crippen molar-refractivity contribution in [2.24, 2.45) is 5.73 Å². The van der Waals surface area contributed by atoms with Crippen LogP contribution in [0.3, 0.4) is 0 Å². The lowest BCUT2D eigenvalue weighted by atomic mass is 9.77. The van der Waals surface area contributed by atoms with Gasteiger partial charge >= 0.3 is 0 Å². The summed E-state index contributed by atoms with van der Waals surface area (Å²) in [5.74, 6) is 0. The summed E-state index contributed by atoms with van der Waals surface area (Å²) >= 11 is 0. The van der Waals surface area contributed by atoms with Crippen molar-refractivity contribution < 1.29 is 0 Å². The summed E-state index contributed by atoms with van der Waals surface area (Å²) in [5, 5.41) is 3.57. The van der Waals surface area contributed by atoms with Gasteiger partial charge in [-0.1, -0.05) is 30.3 Å². The van der Waals surface area contributed by atoms with E-state index in [0.717, 1.165) is 13.1 Å². The number of rotatable bonds is 4. The Labute approximate surface area is 85.5 Å². The first kappa shape index (κ1) is 9.69. The fourth-order valence-corrected chi connectivity index (χ4v) is 1.94. The van der Waals surface area contributed by atoms with E-state index in [0.29, 0.717) is 0 Å². The Hall–Kier alpha value is -0.860. The average Bonchev–Trinajstić information content (AvgIpc) is 2.19. The van der Waals surface area contributed by atoms with Crippen LogP contribution in [-0.4, -0.2) is 12.1 Å². The third-order valence-electron chi connectivity index (χ3n) is 3.21. The zero-order valence-electron chi connectivity index (χ0n) is 8.50. The molecule has 1 saturated carbocycles. The van der Waals surface area contributed by atoms with Gasteiger partial charge in [0.25, 0.3) is 0 Å². The molecule has 1 aliphatic rings. The van der Waals surface area contributed by atoms with Gasteiger partial charge in [0.2, 0.25) is 0 Å². The van der Waals surface area contributed by atoms with Crippen LogP contribution in [0, 0.1) is 0 Å². The van der Waals surface area contributed by atoms with Crippen LogP contribution in [0.5, 0.6) is 0 Å². The van der Waals surface area contributed by atoms with Crippen LogP contribution < -0.4 is 11.1 Å². The molecule has 0 saturated heterocycles. The highest BCUT2D eigenvalue weighted by atomic mass is 15.0. The van der Waals surface area contributed by atoms with Crippen molar-refractivity contribution in [3.63, 3.8) is 0 Å². The molecule has 1 aliphatic carbocycles. The molecule has 0 spiro atoms. The highest BCUT2D eigenvalue weighted by Gasteiger charge is 2.34. The first-order valence-electron chi connectivity index (χ1n) is 5.34. The highest BCUT2D eigenvalue weighted by molar-refractivity contribution is 5.15. The smallest absolute Gasteiger partial charge is 0.0307 e. The summed E-state index contributed by atoms with van der Waals surface area (Å²) in [6, 6.07) is 10.5. The van der Waals surface area contributed by atoms with Crippen molar-refractivity contribution in [1.82, 2.24) is 5.32 Å². The Morgan fingerprint density at radius 3 is 2.43 bits per heavy atom. The molecule has 1 aromatic carbocycles.